The normalized spacial score (nSPS) is 11.2. The van der Waals surface area contributed by atoms with Crippen LogP contribution in [-0.4, -0.2) is 20.2 Å². The summed E-state index contributed by atoms with van der Waals surface area (Å²) < 4.78 is 1.61. The average molecular weight is 243 g/mol. The van der Waals surface area contributed by atoms with Crippen LogP contribution in [0.4, 0.5) is 0 Å². The molecule has 0 aliphatic heterocycles. The molecule has 0 radical (unpaired) electrons. The molecule has 0 amide bonds. The van der Waals surface area contributed by atoms with E-state index in [1.54, 1.807) is 28.8 Å². The van der Waals surface area contributed by atoms with Crippen LogP contribution in [0.2, 0.25) is 0 Å². The van der Waals surface area contributed by atoms with Gasteiger partial charge in [-0.3, -0.25) is 14.6 Å². The molecule has 2 N–H and O–H groups in total. The summed E-state index contributed by atoms with van der Waals surface area (Å²) in [5.41, 5.74) is 0.0670. The van der Waals surface area contributed by atoms with Gasteiger partial charge in [-0.25, -0.2) is 4.79 Å². The number of Topliss-reactive ketones (excluding diaryl/α,β-unsaturated/α-hetero) is 1. The number of aromatic nitrogens is 3. The Morgan fingerprint density at radius 2 is 2.00 bits per heavy atom. The van der Waals surface area contributed by atoms with Crippen LogP contribution in [0, 0.1) is 0 Å². The number of fused-ring (bicyclic) bond motifs is 3. The average Bonchev–Trinajstić information content (AvgIpc) is 2.62. The number of nitrogens with zero attached hydrogens (tertiary/aromatic N) is 1. The molecule has 90 valence electrons. The van der Waals surface area contributed by atoms with Crippen molar-refractivity contribution in [3.63, 3.8) is 0 Å². The Bertz CT molecular complexity index is 898. The van der Waals surface area contributed by atoms with Gasteiger partial charge in [-0.2, -0.15) is 0 Å². The second kappa shape index (κ2) is 3.43. The van der Waals surface area contributed by atoms with Crippen molar-refractivity contribution in [2.45, 2.75) is 6.92 Å². The number of H-pyrrole nitrogens is 2. The molecule has 0 saturated carbocycles. The van der Waals surface area contributed by atoms with Crippen molar-refractivity contribution in [3.8, 4) is 0 Å². The molecule has 3 rings (SSSR count). The molecule has 0 aromatic carbocycles. The molecule has 0 aliphatic carbocycles. The first-order valence-electron chi connectivity index (χ1n) is 5.36. The Labute approximate surface area is 99.9 Å². The fourth-order valence-corrected chi connectivity index (χ4v) is 2.22. The molecule has 18 heavy (non-hydrogen) atoms. The zero-order valence-electron chi connectivity index (χ0n) is 9.48. The number of carbonyl (C=O) groups is 1. The van der Waals surface area contributed by atoms with Gasteiger partial charge in [0.15, 0.2) is 5.78 Å². The van der Waals surface area contributed by atoms with Gasteiger partial charge < -0.3 is 9.38 Å². The number of ketones is 1. The summed E-state index contributed by atoms with van der Waals surface area (Å²) in [7, 11) is 0. The van der Waals surface area contributed by atoms with E-state index in [1.807, 2.05) is 0 Å². The zero-order chi connectivity index (χ0) is 12.9. The van der Waals surface area contributed by atoms with Gasteiger partial charge >= 0.3 is 5.69 Å². The van der Waals surface area contributed by atoms with Crippen molar-refractivity contribution in [2.75, 3.05) is 0 Å². The molecule has 0 saturated heterocycles. The molecule has 0 fully saturated rings. The first kappa shape index (κ1) is 10.5. The van der Waals surface area contributed by atoms with E-state index in [-0.39, 0.29) is 11.3 Å². The minimum atomic E-state index is -0.620. The molecule has 6 heteroatoms. The Morgan fingerprint density at radius 1 is 1.22 bits per heavy atom. The van der Waals surface area contributed by atoms with Crippen LogP contribution in [0.5, 0.6) is 0 Å². The van der Waals surface area contributed by atoms with E-state index in [2.05, 4.69) is 9.97 Å². The number of rotatable bonds is 1. The second-order valence-corrected chi connectivity index (χ2v) is 4.02. The molecule has 3 aromatic heterocycles. The van der Waals surface area contributed by atoms with E-state index >= 15 is 0 Å². The second-order valence-electron chi connectivity index (χ2n) is 4.02. The molecule has 0 atom stereocenters. The van der Waals surface area contributed by atoms with Gasteiger partial charge in [-0.1, -0.05) is 6.07 Å². The smallest absolute Gasteiger partial charge is 0.311 e. The van der Waals surface area contributed by atoms with E-state index in [0.717, 1.165) is 0 Å². The van der Waals surface area contributed by atoms with E-state index in [1.165, 1.54) is 6.92 Å². The maximum atomic E-state index is 11.8. The van der Waals surface area contributed by atoms with Gasteiger partial charge in [0.05, 0.1) is 16.4 Å². The standard InChI is InChI=1S/C12H9N3O3/c1-6(16)10-9-8(11(17)14-12(18)13-9)7-4-2-3-5-15(7)10/h2-5H,1H3,(H2,13,14,17,18). The summed E-state index contributed by atoms with van der Waals surface area (Å²) in [6, 6.07) is 5.25. The summed E-state index contributed by atoms with van der Waals surface area (Å²) in [4.78, 5) is 39.6. The lowest BCUT2D eigenvalue weighted by Gasteiger charge is -1.97. The predicted octanol–water partition coefficient (Wildman–Crippen LogP) is 0.672. The van der Waals surface area contributed by atoms with Crippen LogP contribution < -0.4 is 11.2 Å². The predicted molar refractivity (Wildman–Crippen MR) is 66.1 cm³/mol. The van der Waals surface area contributed by atoms with Gasteiger partial charge in [0.1, 0.15) is 5.69 Å². The highest BCUT2D eigenvalue weighted by atomic mass is 16.2. The van der Waals surface area contributed by atoms with Crippen molar-refractivity contribution in [2.24, 2.45) is 0 Å². The third kappa shape index (κ3) is 1.26. The van der Waals surface area contributed by atoms with Crippen LogP contribution in [0.3, 0.4) is 0 Å². The molecule has 6 nitrogen and oxygen atoms in total. The number of pyridine rings is 1. The highest BCUT2D eigenvalue weighted by Gasteiger charge is 2.17. The molecule has 3 aromatic rings. The maximum absolute atomic E-state index is 11.8. The molecular formula is C12H9N3O3. The molecule has 3 heterocycles. The molecule has 0 unspecified atom stereocenters. The molecule has 0 bridgehead atoms. The van der Waals surface area contributed by atoms with E-state index < -0.39 is 11.2 Å². The number of nitrogens with one attached hydrogen (secondary N) is 2. The van der Waals surface area contributed by atoms with E-state index in [9.17, 15) is 14.4 Å². The SMILES string of the molecule is CC(=O)c1c2[nH]c(=O)[nH]c(=O)c2c2ccccn12. The summed E-state index contributed by atoms with van der Waals surface area (Å²) in [6.45, 7) is 1.40. The van der Waals surface area contributed by atoms with Crippen molar-refractivity contribution >= 4 is 22.2 Å². The Balaban J connectivity index is 2.76. The van der Waals surface area contributed by atoms with Gasteiger partial charge in [-0.05, 0) is 12.1 Å². The lowest BCUT2D eigenvalue weighted by atomic mass is 10.2. The Hall–Kier alpha value is -2.63. The highest BCUT2D eigenvalue weighted by Crippen LogP contribution is 2.21. The Morgan fingerprint density at radius 3 is 2.72 bits per heavy atom. The number of carbonyl (C=O) groups excluding carboxylic acids is 1. The minimum absolute atomic E-state index is 0.215. The third-order valence-electron chi connectivity index (χ3n) is 2.87. The van der Waals surface area contributed by atoms with Gasteiger partial charge in [-0.15, -0.1) is 0 Å². The summed E-state index contributed by atoms with van der Waals surface area (Å²) in [5.74, 6) is -0.215. The minimum Gasteiger partial charge on any atom is -0.311 e. The van der Waals surface area contributed by atoms with Crippen LogP contribution in [-0.2, 0) is 0 Å². The van der Waals surface area contributed by atoms with Crippen LogP contribution in [0.1, 0.15) is 17.4 Å². The molecule has 0 aliphatic rings. The van der Waals surface area contributed by atoms with Gasteiger partial charge in [0.25, 0.3) is 5.56 Å². The zero-order valence-corrected chi connectivity index (χ0v) is 9.48. The first-order chi connectivity index (χ1) is 8.59. The van der Waals surface area contributed by atoms with Crippen LogP contribution in [0.15, 0.2) is 34.0 Å². The van der Waals surface area contributed by atoms with Crippen LogP contribution in [0.25, 0.3) is 16.4 Å². The van der Waals surface area contributed by atoms with Gasteiger partial charge in [0, 0.05) is 13.1 Å². The maximum Gasteiger partial charge on any atom is 0.326 e. The first-order valence-corrected chi connectivity index (χ1v) is 5.36. The fourth-order valence-electron chi connectivity index (χ4n) is 2.22. The number of hydrogen-bond donors (Lipinski definition) is 2. The summed E-state index contributed by atoms with van der Waals surface area (Å²) in [5, 5.41) is 0.320. The van der Waals surface area contributed by atoms with Crippen molar-refractivity contribution in [3.05, 3.63) is 50.9 Å². The fraction of sp³-hybridized carbons (Fsp3) is 0.0833. The highest BCUT2D eigenvalue weighted by molar-refractivity contribution is 6.10. The third-order valence-corrected chi connectivity index (χ3v) is 2.87. The van der Waals surface area contributed by atoms with Crippen molar-refractivity contribution < 1.29 is 4.79 Å². The topological polar surface area (TPSA) is 87.2 Å². The number of aromatic amines is 2. The molecular weight excluding hydrogens is 234 g/mol. The number of hydrogen-bond acceptors (Lipinski definition) is 3. The molecule has 0 spiro atoms. The quantitative estimate of drug-likeness (QED) is 0.616. The van der Waals surface area contributed by atoms with Crippen molar-refractivity contribution in [1.29, 1.82) is 0 Å². The van der Waals surface area contributed by atoms with Gasteiger partial charge in [0.2, 0.25) is 0 Å². The summed E-state index contributed by atoms with van der Waals surface area (Å²) >= 11 is 0. The Kier molecular flexibility index (Phi) is 2.00. The lowest BCUT2D eigenvalue weighted by molar-refractivity contribution is 0.101. The van der Waals surface area contributed by atoms with E-state index in [4.69, 9.17) is 0 Å². The van der Waals surface area contributed by atoms with Crippen LogP contribution >= 0.6 is 0 Å². The lowest BCUT2D eigenvalue weighted by Crippen LogP contribution is -2.21. The monoisotopic (exact) mass is 243 g/mol. The largest absolute Gasteiger partial charge is 0.326 e. The summed E-state index contributed by atoms with van der Waals surface area (Å²) in [6.07, 6.45) is 1.68. The van der Waals surface area contributed by atoms with E-state index in [0.29, 0.717) is 16.6 Å². The van der Waals surface area contributed by atoms with Crippen molar-refractivity contribution in [1.82, 2.24) is 14.4 Å².